The summed E-state index contributed by atoms with van der Waals surface area (Å²) in [4.78, 5) is 27.6. The fourth-order valence-corrected chi connectivity index (χ4v) is 1.41. The van der Waals surface area contributed by atoms with E-state index in [1.54, 1.807) is 23.2 Å². The van der Waals surface area contributed by atoms with Gasteiger partial charge in [0.25, 0.3) is 0 Å². The smallest absolute Gasteiger partial charge is 0.237 e. The molecule has 5 heteroatoms. The molecule has 0 atom stereocenters. The van der Waals surface area contributed by atoms with Crippen molar-refractivity contribution in [3.05, 3.63) is 23.9 Å². The van der Waals surface area contributed by atoms with Gasteiger partial charge in [0.2, 0.25) is 5.91 Å². The number of carbonyl (C=O) groups is 2. The Balaban J connectivity index is 3.09. The lowest BCUT2D eigenvalue weighted by Crippen LogP contribution is -2.39. The minimum atomic E-state index is -0.448. The molecule has 0 spiro atoms. The first-order valence-electron chi connectivity index (χ1n) is 5.01. The average Bonchev–Trinajstić information content (AvgIpc) is 2.25. The molecule has 2 N–H and O–H groups in total. The maximum absolute atomic E-state index is 11.0. The summed E-state index contributed by atoms with van der Waals surface area (Å²) in [6, 6.07) is 3.38. The summed E-state index contributed by atoms with van der Waals surface area (Å²) in [5.41, 5.74) is 5.62. The number of nitrogens with two attached hydrogens (primary N) is 1. The molecule has 0 aliphatic carbocycles. The Bertz CT molecular complexity index is 391. The second kappa shape index (κ2) is 5.25. The van der Waals surface area contributed by atoms with E-state index in [9.17, 15) is 9.59 Å². The predicted octanol–water partition coefficient (Wildman–Crippen LogP) is 0.594. The highest BCUT2D eigenvalue weighted by atomic mass is 16.1. The number of pyridine rings is 1. The van der Waals surface area contributed by atoms with Crippen LogP contribution in [0.15, 0.2) is 18.3 Å². The van der Waals surface area contributed by atoms with Crippen LogP contribution in [0.25, 0.3) is 0 Å². The third kappa shape index (κ3) is 2.79. The second-order valence-corrected chi connectivity index (χ2v) is 3.72. The Morgan fingerprint density at radius 3 is 2.81 bits per heavy atom. The zero-order valence-electron chi connectivity index (χ0n) is 9.38. The molecule has 5 nitrogen and oxygen atoms in total. The first-order valence-corrected chi connectivity index (χ1v) is 5.01. The van der Waals surface area contributed by atoms with Gasteiger partial charge >= 0.3 is 0 Å². The Morgan fingerprint density at radius 2 is 2.31 bits per heavy atom. The Morgan fingerprint density at radius 1 is 1.62 bits per heavy atom. The molecule has 1 aromatic rings. The molecule has 0 aliphatic heterocycles. The van der Waals surface area contributed by atoms with Crippen molar-refractivity contribution < 1.29 is 9.59 Å². The van der Waals surface area contributed by atoms with Crippen molar-refractivity contribution in [2.75, 3.05) is 11.4 Å². The van der Waals surface area contributed by atoms with Crippen LogP contribution in [-0.2, 0) is 4.79 Å². The van der Waals surface area contributed by atoms with Crippen molar-refractivity contribution >= 4 is 18.0 Å². The van der Waals surface area contributed by atoms with E-state index in [2.05, 4.69) is 4.98 Å². The molecule has 0 saturated heterocycles. The molecular weight excluding hydrogens is 206 g/mol. The van der Waals surface area contributed by atoms with Gasteiger partial charge in [0.15, 0.2) is 6.29 Å². The van der Waals surface area contributed by atoms with Crippen LogP contribution in [0.1, 0.15) is 24.2 Å². The van der Waals surface area contributed by atoms with Gasteiger partial charge in [-0.2, -0.15) is 0 Å². The van der Waals surface area contributed by atoms with E-state index < -0.39 is 5.91 Å². The lowest BCUT2D eigenvalue weighted by molar-refractivity contribution is -0.116. The van der Waals surface area contributed by atoms with Crippen molar-refractivity contribution in [2.24, 2.45) is 5.73 Å². The molecule has 86 valence electrons. The highest BCUT2D eigenvalue weighted by Crippen LogP contribution is 2.17. The van der Waals surface area contributed by atoms with E-state index in [4.69, 9.17) is 5.73 Å². The topological polar surface area (TPSA) is 76.3 Å². The first-order chi connectivity index (χ1) is 7.56. The monoisotopic (exact) mass is 221 g/mol. The third-order valence-electron chi connectivity index (χ3n) is 2.17. The lowest BCUT2D eigenvalue weighted by atomic mass is 10.2. The molecule has 0 aromatic carbocycles. The van der Waals surface area contributed by atoms with Crippen LogP contribution in [0.3, 0.4) is 0 Å². The lowest BCUT2D eigenvalue weighted by Gasteiger charge is -2.27. The average molecular weight is 221 g/mol. The Labute approximate surface area is 94.3 Å². The molecule has 16 heavy (non-hydrogen) atoms. The summed E-state index contributed by atoms with van der Waals surface area (Å²) in [6.07, 6.45) is 2.30. The fraction of sp³-hybridized carbons (Fsp3) is 0.364. The van der Waals surface area contributed by atoms with Gasteiger partial charge in [0, 0.05) is 12.2 Å². The minimum absolute atomic E-state index is 0.0427. The van der Waals surface area contributed by atoms with Gasteiger partial charge in [-0.1, -0.05) is 0 Å². The van der Waals surface area contributed by atoms with Gasteiger partial charge in [-0.3, -0.25) is 9.59 Å². The zero-order valence-corrected chi connectivity index (χ0v) is 9.38. The minimum Gasteiger partial charge on any atom is -0.368 e. The van der Waals surface area contributed by atoms with Crippen LogP contribution >= 0.6 is 0 Å². The van der Waals surface area contributed by atoms with E-state index in [1.807, 2.05) is 13.8 Å². The summed E-state index contributed by atoms with van der Waals surface area (Å²) in [5.74, 6) is 0.0440. The third-order valence-corrected chi connectivity index (χ3v) is 2.17. The Hall–Kier alpha value is -1.91. The van der Waals surface area contributed by atoms with Crippen molar-refractivity contribution in [1.82, 2.24) is 4.98 Å². The van der Waals surface area contributed by atoms with E-state index in [-0.39, 0.29) is 12.6 Å². The van der Waals surface area contributed by atoms with E-state index in [1.165, 1.54) is 0 Å². The van der Waals surface area contributed by atoms with Crippen LogP contribution in [0.5, 0.6) is 0 Å². The molecule has 1 rings (SSSR count). The van der Waals surface area contributed by atoms with Crippen molar-refractivity contribution in [1.29, 1.82) is 0 Å². The molecule has 0 saturated carbocycles. The maximum atomic E-state index is 11.0. The highest BCUT2D eigenvalue weighted by molar-refractivity contribution is 5.85. The van der Waals surface area contributed by atoms with Crippen LogP contribution in [0, 0.1) is 0 Å². The van der Waals surface area contributed by atoms with Crippen LogP contribution in [0.2, 0.25) is 0 Å². The molecular formula is C11H15N3O2. The van der Waals surface area contributed by atoms with E-state index in [0.717, 1.165) is 6.29 Å². The number of rotatable bonds is 5. The number of anilines is 1. The number of nitrogens with zero attached hydrogens (tertiary/aromatic N) is 2. The molecule has 1 amide bonds. The molecule has 1 heterocycles. The SMILES string of the molecule is CC(C)N(CC(N)=O)c1ncccc1C=O. The summed E-state index contributed by atoms with van der Waals surface area (Å²) in [5, 5.41) is 0. The van der Waals surface area contributed by atoms with Crippen LogP contribution in [-0.4, -0.2) is 29.8 Å². The number of aldehydes is 1. The predicted molar refractivity (Wildman–Crippen MR) is 61.3 cm³/mol. The summed E-state index contributed by atoms with van der Waals surface area (Å²) >= 11 is 0. The molecule has 0 fully saturated rings. The number of hydrogen-bond donors (Lipinski definition) is 1. The summed E-state index contributed by atoms with van der Waals surface area (Å²) < 4.78 is 0. The molecule has 0 bridgehead atoms. The molecule has 0 radical (unpaired) electrons. The van der Waals surface area contributed by atoms with Crippen LogP contribution < -0.4 is 10.6 Å². The number of primary amides is 1. The van der Waals surface area contributed by atoms with Gasteiger partial charge in [-0.25, -0.2) is 4.98 Å². The highest BCUT2D eigenvalue weighted by Gasteiger charge is 2.17. The van der Waals surface area contributed by atoms with Gasteiger partial charge in [0.05, 0.1) is 12.1 Å². The van der Waals surface area contributed by atoms with Gasteiger partial charge in [0.1, 0.15) is 5.82 Å². The summed E-state index contributed by atoms with van der Waals surface area (Å²) in [6.45, 7) is 3.87. The van der Waals surface area contributed by atoms with Crippen molar-refractivity contribution in [2.45, 2.75) is 19.9 Å². The Kier molecular flexibility index (Phi) is 3.99. The number of hydrogen-bond acceptors (Lipinski definition) is 4. The van der Waals surface area contributed by atoms with Gasteiger partial charge < -0.3 is 10.6 Å². The van der Waals surface area contributed by atoms with Gasteiger partial charge in [-0.05, 0) is 26.0 Å². The standard InChI is InChI=1S/C11H15N3O2/c1-8(2)14(6-10(12)16)11-9(7-15)4-3-5-13-11/h3-5,7-8H,6H2,1-2H3,(H2,12,16). The number of amides is 1. The van der Waals surface area contributed by atoms with Gasteiger partial charge in [-0.15, -0.1) is 0 Å². The van der Waals surface area contributed by atoms with Crippen molar-refractivity contribution in [3.63, 3.8) is 0 Å². The normalized spacial score (nSPS) is 10.2. The zero-order chi connectivity index (χ0) is 12.1. The van der Waals surface area contributed by atoms with Crippen LogP contribution in [0.4, 0.5) is 5.82 Å². The largest absolute Gasteiger partial charge is 0.368 e. The van der Waals surface area contributed by atoms with Crippen molar-refractivity contribution in [3.8, 4) is 0 Å². The van der Waals surface area contributed by atoms with E-state index >= 15 is 0 Å². The molecule has 0 unspecified atom stereocenters. The quantitative estimate of drug-likeness (QED) is 0.738. The maximum Gasteiger partial charge on any atom is 0.237 e. The molecule has 1 aromatic heterocycles. The summed E-state index contributed by atoms with van der Waals surface area (Å²) in [7, 11) is 0. The number of aromatic nitrogens is 1. The number of carbonyl (C=O) groups excluding carboxylic acids is 2. The first kappa shape index (κ1) is 12.2. The second-order valence-electron chi connectivity index (χ2n) is 3.72. The molecule has 0 aliphatic rings. The van der Waals surface area contributed by atoms with E-state index in [0.29, 0.717) is 11.4 Å². The fourth-order valence-electron chi connectivity index (χ4n) is 1.41.